The Kier molecular flexibility index (Phi) is 6.99. The van der Waals surface area contributed by atoms with Gasteiger partial charge in [0.25, 0.3) is 5.91 Å². The highest BCUT2D eigenvalue weighted by Gasteiger charge is 2.09. The summed E-state index contributed by atoms with van der Waals surface area (Å²) in [6, 6.07) is 9.59. The number of methoxy groups -OCH3 is 1. The van der Waals surface area contributed by atoms with Crippen molar-refractivity contribution in [3.8, 4) is 0 Å². The van der Waals surface area contributed by atoms with Gasteiger partial charge in [0.1, 0.15) is 6.54 Å². The van der Waals surface area contributed by atoms with Gasteiger partial charge < -0.3 is 15.4 Å². The number of anilines is 1. The summed E-state index contributed by atoms with van der Waals surface area (Å²) in [7, 11) is 1.22. The van der Waals surface area contributed by atoms with Crippen LogP contribution < -0.4 is 10.6 Å². The zero-order chi connectivity index (χ0) is 19.8. The average Bonchev–Trinajstić information content (AvgIpc) is 2.67. The monoisotopic (exact) mass is 376 g/mol. The topological polar surface area (TPSA) is 84.5 Å². The van der Waals surface area contributed by atoms with Crippen LogP contribution in [0.25, 0.3) is 0 Å². The summed E-state index contributed by atoms with van der Waals surface area (Å²) < 4.78 is 30.4. The number of hydrogen-bond acceptors (Lipinski definition) is 4. The average molecular weight is 376 g/mol. The van der Waals surface area contributed by atoms with E-state index in [0.29, 0.717) is 16.8 Å². The zero-order valence-corrected chi connectivity index (χ0v) is 14.6. The van der Waals surface area contributed by atoms with Gasteiger partial charge in [-0.1, -0.05) is 6.07 Å². The summed E-state index contributed by atoms with van der Waals surface area (Å²) in [5.74, 6) is -3.19. The number of rotatable bonds is 7. The quantitative estimate of drug-likeness (QED) is 0.727. The lowest BCUT2D eigenvalue weighted by Gasteiger charge is -2.07. The van der Waals surface area contributed by atoms with E-state index < -0.39 is 23.5 Å². The SMILES string of the molecule is COC(=O)CNC(=O)c1ccc(NC(=O)CCc2ccc(F)c(F)c2)cc1. The Balaban J connectivity index is 1.84. The predicted octanol–water partition coefficient (Wildman–Crippen LogP) is 2.44. The van der Waals surface area contributed by atoms with E-state index in [4.69, 9.17) is 0 Å². The fourth-order valence-electron chi connectivity index (χ4n) is 2.21. The zero-order valence-electron chi connectivity index (χ0n) is 14.6. The van der Waals surface area contributed by atoms with Gasteiger partial charge in [-0.05, 0) is 48.4 Å². The fraction of sp³-hybridized carbons (Fsp3) is 0.211. The van der Waals surface area contributed by atoms with Gasteiger partial charge in [-0.15, -0.1) is 0 Å². The summed E-state index contributed by atoms with van der Waals surface area (Å²) in [4.78, 5) is 34.8. The van der Waals surface area contributed by atoms with Gasteiger partial charge in [0.15, 0.2) is 11.6 Å². The number of carbonyl (C=O) groups is 3. The van der Waals surface area contributed by atoms with E-state index in [1.165, 1.54) is 25.3 Å². The van der Waals surface area contributed by atoms with Crippen molar-refractivity contribution in [2.24, 2.45) is 0 Å². The molecule has 0 radical (unpaired) electrons. The van der Waals surface area contributed by atoms with E-state index in [-0.39, 0.29) is 25.3 Å². The van der Waals surface area contributed by atoms with Crippen molar-refractivity contribution < 1.29 is 27.9 Å². The molecule has 2 amide bonds. The van der Waals surface area contributed by atoms with Gasteiger partial charge >= 0.3 is 5.97 Å². The van der Waals surface area contributed by atoms with Crippen molar-refractivity contribution in [2.45, 2.75) is 12.8 Å². The number of ether oxygens (including phenoxy) is 1. The van der Waals surface area contributed by atoms with Crippen LogP contribution in [0.3, 0.4) is 0 Å². The van der Waals surface area contributed by atoms with E-state index in [1.54, 1.807) is 12.1 Å². The predicted molar refractivity (Wildman–Crippen MR) is 94.1 cm³/mol. The van der Waals surface area contributed by atoms with Gasteiger partial charge in [0, 0.05) is 17.7 Å². The summed E-state index contributed by atoms with van der Waals surface area (Å²) >= 11 is 0. The lowest BCUT2D eigenvalue weighted by Crippen LogP contribution is -2.30. The molecule has 0 spiro atoms. The molecule has 0 aliphatic heterocycles. The minimum atomic E-state index is -0.950. The van der Waals surface area contributed by atoms with E-state index in [0.717, 1.165) is 12.1 Å². The van der Waals surface area contributed by atoms with E-state index >= 15 is 0 Å². The van der Waals surface area contributed by atoms with Gasteiger partial charge in [-0.3, -0.25) is 14.4 Å². The molecular formula is C19H18F2N2O4. The molecule has 142 valence electrons. The van der Waals surface area contributed by atoms with E-state index in [2.05, 4.69) is 15.4 Å². The first kappa shape index (κ1) is 20.0. The highest BCUT2D eigenvalue weighted by molar-refractivity contribution is 5.97. The van der Waals surface area contributed by atoms with Crippen molar-refractivity contribution in [2.75, 3.05) is 19.0 Å². The fourth-order valence-corrected chi connectivity index (χ4v) is 2.21. The highest BCUT2D eigenvalue weighted by Crippen LogP contribution is 2.13. The molecule has 2 aromatic carbocycles. The second-order valence-corrected chi connectivity index (χ2v) is 5.63. The lowest BCUT2D eigenvalue weighted by molar-refractivity contribution is -0.139. The molecule has 0 heterocycles. The first-order valence-electron chi connectivity index (χ1n) is 8.08. The number of hydrogen-bond donors (Lipinski definition) is 2. The van der Waals surface area contributed by atoms with Crippen molar-refractivity contribution in [1.29, 1.82) is 0 Å². The number of carbonyl (C=O) groups excluding carboxylic acids is 3. The smallest absolute Gasteiger partial charge is 0.325 e. The largest absolute Gasteiger partial charge is 0.468 e. The maximum Gasteiger partial charge on any atom is 0.325 e. The van der Waals surface area contributed by atoms with Crippen LogP contribution in [0.4, 0.5) is 14.5 Å². The molecule has 0 aliphatic carbocycles. The molecule has 0 aromatic heterocycles. The molecule has 0 unspecified atom stereocenters. The number of esters is 1. The van der Waals surface area contributed by atoms with Gasteiger partial charge in [0.05, 0.1) is 7.11 Å². The molecule has 2 rings (SSSR count). The molecule has 27 heavy (non-hydrogen) atoms. The standard InChI is InChI=1S/C19H18F2N2O4/c1-27-18(25)11-22-19(26)13-4-6-14(7-5-13)23-17(24)9-3-12-2-8-15(20)16(21)10-12/h2,4-8,10H,3,9,11H2,1H3,(H,22,26)(H,23,24). The molecule has 2 N–H and O–H groups in total. The Hall–Kier alpha value is -3.29. The molecule has 2 aromatic rings. The molecule has 6 nitrogen and oxygen atoms in total. The Morgan fingerprint density at radius 1 is 1.00 bits per heavy atom. The number of nitrogens with one attached hydrogen (secondary N) is 2. The first-order chi connectivity index (χ1) is 12.9. The molecular weight excluding hydrogens is 358 g/mol. The van der Waals surface area contributed by atoms with Gasteiger partial charge in [-0.25, -0.2) is 8.78 Å². The summed E-state index contributed by atoms with van der Waals surface area (Å²) in [5.41, 5.74) is 1.31. The van der Waals surface area contributed by atoms with Crippen LogP contribution in [0.1, 0.15) is 22.3 Å². The minimum absolute atomic E-state index is 0.0897. The number of halogens is 2. The molecule has 0 fully saturated rings. The van der Waals surface area contributed by atoms with Crippen molar-refractivity contribution in [3.05, 3.63) is 65.2 Å². The number of amides is 2. The molecule has 0 atom stereocenters. The van der Waals surface area contributed by atoms with Gasteiger partial charge in [0.2, 0.25) is 5.91 Å². The van der Waals surface area contributed by atoms with Crippen LogP contribution in [0, 0.1) is 11.6 Å². The molecule has 0 saturated carbocycles. The van der Waals surface area contributed by atoms with Crippen molar-refractivity contribution in [1.82, 2.24) is 5.32 Å². The molecule has 0 bridgehead atoms. The third-order valence-electron chi connectivity index (χ3n) is 3.68. The van der Waals surface area contributed by atoms with Crippen molar-refractivity contribution >= 4 is 23.5 Å². The second kappa shape index (κ2) is 9.42. The highest BCUT2D eigenvalue weighted by atomic mass is 19.2. The van der Waals surface area contributed by atoms with Gasteiger partial charge in [-0.2, -0.15) is 0 Å². The Morgan fingerprint density at radius 2 is 1.70 bits per heavy atom. The van der Waals surface area contributed by atoms with Crippen LogP contribution in [0.15, 0.2) is 42.5 Å². The lowest BCUT2D eigenvalue weighted by atomic mass is 10.1. The third-order valence-corrected chi connectivity index (χ3v) is 3.68. The van der Waals surface area contributed by atoms with Crippen LogP contribution in [-0.4, -0.2) is 31.4 Å². The second-order valence-electron chi connectivity index (χ2n) is 5.63. The van der Waals surface area contributed by atoms with E-state index in [9.17, 15) is 23.2 Å². The maximum absolute atomic E-state index is 13.1. The Bertz CT molecular complexity index is 838. The summed E-state index contributed by atoms with van der Waals surface area (Å²) in [6.45, 7) is -0.238. The first-order valence-corrected chi connectivity index (χ1v) is 8.08. The number of aryl methyl sites for hydroxylation is 1. The number of benzene rings is 2. The molecule has 8 heteroatoms. The summed E-state index contributed by atoms with van der Waals surface area (Å²) in [6.07, 6.45) is 0.351. The van der Waals surface area contributed by atoms with E-state index in [1.807, 2.05) is 0 Å². The van der Waals surface area contributed by atoms with Crippen molar-refractivity contribution in [3.63, 3.8) is 0 Å². The van der Waals surface area contributed by atoms with Crippen LogP contribution in [0.2, 0.25) is 0 Å². The third kappa shape index (κ3) is 6.18. The summed E-state index contributed by atoms with van der Waals surface area (Å²) in [5, 5.41) is 5.05. The van der Waals surface area contributed by atoms with Crippen LogP contribution >= 0.6 is 0 Å². The van der Waals surface area contributed by atoms with Crippen LogP contribution in [0.5, 0.6) is 0 Å². The Labute approximate surface area is 154 Å². The maximum atomic E-state index is 13.1. The normalized spacial score (nSPS) is 10.2. The molecule has 0 saturated heterocycles. The van der Waals surface area contributed by atoms with Crippen LogP contribution in [-0.2, 0) is 20.7 Å². The Morgan fingerprint density at radius 3 is 2.33 bits per heavy atom. The molecule has 0 aliphatic rings. The minimum Gasteiger partial charge on any atom is -0.468 e.